The quantitative estimate of drug-likeness (QED) is 0.300. The number of nitrogens with zero attached hydrogens (tertiary/aromatic N) is 2. The molecule has 1 saturated heterocycles. The van der Waals surface area contributed by atoms with Crippen molar-refractivity contribution in [3.05, 3.63) is 51.0 Å². The number of aliphatic hydroxyl groups excluding tert-OH is 2. The van der Waals surface area contributed by atoms with Crippen molar-refractivity contribution in [2.75, 3.05) is 27.2 Å². The Morgan fingerprint density at radius 1 is 1.16 bits per heavy atom. The highest BCUT2D eigenvalue weighted by Crippen LogP contribution is 2.54. The molecule has 0 unspecified atom stereocenters. The van der Waals surface area contributed by atoms with Crippen LogP contribution in [0.3, 0.4) is 0 Å². The highest BCUT2D eigenvalue weighted by atomic mass is 19.4. The molecule has 44 heavy (non-hydrogen) atoms. The van der Waals surface area contributed by atoms with Crippen LogP contribution in [0.2, 0.25) is 0 Å². The number of rotatable bonds is 6. The van der Waals surface area contributed by atoms with Crippen molar-refractivity contribution in [3.8, 4) is 5.75 Å². The maximum Gasteiger partial charge on any atom is 0.417 e. The molecule has 10 nitrogen and oxygen atoms in total. The van der Waals surface area contributed by atoms with Crippen molar-refractivity contribution in [3.63, 3.8) is 0 Å². The molecule has 1 aromatic rings. The number of alkyl halides is 3. The number of aromatic hydroxyl groups is 1. The van der Waals surface area contributed by atoms with Crippen LogP contribution in [0.1, 0.15) is 66.1 Å². The second-order valence-electron chi connectivity index (χ2n) is 12.8. The van der Waals surface area contributed by atoms with Gasteiger partial charge in [-0.3, -0.25) is 24.2 Å². The monoisotopic (exact) mass is 621 g/mol. The molecule has 1 amide bonds. The number of Topliss-reactive ketones (excluding diaryl/α,β-unsaturated/α-hetero) is 2. The molecule has 4 atom stereocenters. The second kappa shape index (κ2) is 11.2. The van der Waals surface area contributed by atoms with Gasteiger partial charge in [-0.25, -0.2) is 0 Å². The van der Waals surface area contributed by atoms with Crippen LogP contribution >= 0.6 is 0 Å². The molecule has 240 valence electrons. The molecule has 0 radical (unpaired) electrons. The summed E-state index contributed by atoms with van der Waals surface area (Å²) in [6.45, 7) is 3.23. The topological polar surface area (TPSA) is 165 Å². The Bertz CT molecular complexity index is 1480. The molecule has 1 fully saturated rings. The zero-order chi connectivity index (χ0) is 32.5. The Kier molecular flexibility index (Phi) is 8.13. The van der Waals surface area contributed by atoms with Crippen LogP contribution in [0, 0.1) is 17.8 Å². The molecular formula is C31H38F3N3O7. The fourth-order valence-electron chi connectivity index (χ4n) is 7.95. The van der Waals surface area contributed by atoms with Crippen LogP contribution in [-0.4, -0.2) is 86.5 Å². The number of phenolic OH excluding ortho intramolecular Hbond substituents is 1. The van der Waals surface area contributed by atoms with E-state index in [1.165, 1.54) is 19.0 Å². The van der Waals surface area contributed by atoms with Crippen LogP contribution in [0.25, 0.3) is 0 Å². The summed E-state index contributed by atoms with van der Waals surface area (Å²) in [7, 11) is 2.95. The average Bonchev–Trinajstić information content (AvgIpc) is 2.90. The van der Waals surface area contributed by atoms with E-state index in [4.69, 9.17) is 5.73 Å². The van der Waals surface area contributed by atoms with Gasteiger partial charge in [0.15, 0.2) is 11.4 Å². The van der Waals surface area contributed by atoms with E-state index in [0.29, 0.717) is 19.0 Å². The molecule has 0 saturated carbocycles. The third-order valence-electron chi connectivity index (χ3n) is 9.89. The first-order chi connectivity index (χ1) is 20.5. The summed E-state index contributed by atoms with van der Waals surface area (Å²) < 4.78 is 44.4. The molecule has 0 aromatic heterocycles. The standard InChI is InChI=1S/C31H38F3N3O7/c1-4-5-14-6-8-37(9-7-14)13-16-12-19(38)21-17(23(16)31(32,33)34)10-15-11-18-24(36(2)3)26(40)22(29(35)43)28(42)30(18,44)27(41)20(15)25(21)39/h12,14-15,18,24,38,40-41,44H,4-11,13H2,1-3H3,(H2,35,43)/t15-,18-,24-,30-/m0/s1. The zero-order valence-electron chi connectivity index (χ0n) is 24.9. The van der Waals surface area contributed by atoms with Gasteiger partial charge in [-0.15, -0.1) is 0 Å². The van der Waals surface area contributed by atoms with Gasteiger partial charge >= 0.3 is 6.18 Å². The molecule has 6 N–H and O–H groups in total. The third-order valence-corrected chi connectivity index (χ3v) is 9.89. The summed E-state index contributed by atoms with van der Waals surface area (Å²) in [5.41, 5.74) is -1.24. The lowest BCUT2D eigenvalue weighted by atomic mass is 9.58. The number of fused-ring (bicyclic) bond motifs is 3. The van der Waals surface area contributed by atoms with Gasteiger partial charge < -0.3 is 26.2 Å². The molecular weight excluding hydrogens is 583 g/mol. The molecule has 1 aliphatic heterocycles. The molecule has 1 aromatic carbocycles. The van der Waals surface area contributed by atoms with Crippen molar-refractivity contribution in [1.82, 2.24) is 9.80 Å². The fraction of sp³-hybridized carbons (Fsp3) is 0.581. The Morgan fingerprint density at radius 2 is 1.80 bits per heavy atom. The van der Waals surface area contributed by atoms with Crippen molar-refractivity contribution in [1.29, 1.82) is 0 Å². The Hall–Kier alpha value is -3.42. The Balaban J connectivity index is 1.62. The van der Waals surface area contributed by atoms with E-state index < -0.39 is 98.7 Å². The summed E-state index contributed by atoms with van der Waals surface area (Å²) >= 11 is 0. The number of likely N-dealkylation sites (N-methyl/N-ethyl adjacent to an activating group) is 1. The largest absolute Gasteiger partial charge is 0.510 e. The number of nitrogens with two attached hydrogens (primary N) is 1. The number of primary amides is 1. The smallest absolute Gasteiger partial charge is 0.417 e. The van der Waals surface area contributed by atoms with Crippen LogP contribution in [0.5, 0.6) is 5.75 Å². The number of phenols is 1. The van der Waals surface area contributed by atoms with Crippen LogP contribution in [0.15, 0.2) is 28.7 Å². The minimum Gasteiger partial charge on any atom is -0.510 e. The lowest BCUT2D eigenvalue weighted by molar-refractivity contribution is -0.148. The lowest BCUT2D eigenvalue weighted by Gasteiger charge is -2.50. The maximum atomic E-state index is 14.8. The van der Waals surface area contributed by atoms with E-state index in [0.717, 1.165) is 31.7 Å². The van der Waals surface area contributed by atoms with Crippen molar-refractivity contribution < 1.29 is 48.0 Å². The number of likely N-dealkylation sites (tertiary alicyclic amines) is 1. The summed E-state index contributed by atoms with van der Waals surface area (Å²) in [6.07, 6.45) is -1.79. The van der Waals surface area contributed by atoms with E-state index in [1.54, 1.807) is 0 Å². The van der Waals surface area contributed by atoms with Crippen LogP contribution in [0.4, 0.5) is 13.2 Å². The van der Waals surface area contributed by atoms with Crippen LogP contribution in [-0.2, 0) is 28.7 Å². The second-order valence-corrected chi connectivity index (χ2v) is 12.8. The highest BCUT2D eigenvalue weighted by molar-refractivity contribution is 6.24. The number of hydrogen-bond acceptors (Lipinski definition) is 9. The Labute approximate surface area is 252 Å². The van der Waals surface area contributed by atoms with E-state index in [9.17, 15) is 48.0 Å². The van der Waals surface area contributed by atoms with E-state index >= 15 is 0 Å². The van der Waals surface area contributed by atoms with E-state index in [-0.39, 0.29) is 18.5 Å². The van der Waals surface area contributed by atoms with Gasteiger partial charge in [0.25, 0.3) is 5.91 Å². The van der Waals surface area contributed by atoms with Crippen molar-refractivity contribution >= 4 is 17.5 Å². The van der Waals surface area contributed by atoms with Crippen LogP contribution < -0.4 is 5.73 Å². The minimum atomic E-state index is -4.88. The van der Waals surface area contributed by atoms with Gasteiger partial charge in [0.2, 0.25) is 5.78 Å². The summed E-state index contributed by atoms with van der Waals surface area (Å²) in [5, 5.41) is 44.9. The maximum absolute atomic E-state index is 14.8. The number of carbonyl (C=O) groups excluding carboxylic acids is 3. The predicted octanol–water partition coefficient (Wildman–Crippen LogP) is 3.15. The summed E-state index contributed by atoms with van der Waals surface area (Å²) in [4.78, 5) is 42.6. The van der Waals surface area contributed by atoms with E-state index in [1.807, 2.05) is 4.90 Å². The highest BCUT2D eigenvalue weighted by Gasteiger charge is 2.63. The molecule has 0 spiro atoms. The summed E-state index contributed by atoms with van der Waals surface area (Å²) in [5.74, 6) is -8.40. The SMILES string of the molecule is CCCC1CCN(Cc2cc(O)c3c(c2C(F)(F)F)C[C@H]2C[C@H]4[C@H](N(C)C)C(O)=C(C(N)=O)C(=O)[C@@]4(O)C(O)=C2C3=O)CC1. The molecule has 5 rings (SSSR count). The molecule has 1 heterocycles. The number of aliphatic hydroxyl groups is 3. The lowest BCUT2D eigenvalue weighted by Crippen LogP contribution is -2.63. The number of carbonyl (C=O) groups is 3. The number of amides is 1. The Morgan fingerprint density at radius 3 is 2.34 bits per heavy atom. The molecule has 3 aliphatic carbocycles. The summed E-state index contributed by atoms with van der Waals surface area (Å²) in [6, 6.07) is -0.298. The average molecular weight is 622 g/mol. The number of benzene rings is 1. The first-order valence-corrected chi connectivity index (χ1v) is 14.9. The number of ketones is 2. The first-order valence-electron chi connectivity index (χ1n) is 14.9. The number of piperidine rings is 1. The number of hydrogen-bond donors (Lipinski definition) is 5. The van der Waals surface area contributed by atoms with Gasteiger partial charge in [0, 0.05) is 18.0 Å². The van der Waals surface area contributed by atoms with Gasteiger partial charge in [0.05, 0.1) is 17.2 Å². The molecule has 13 heteroatoms. The molecule has 0 bridgehead atoms. The van der Waals surface area contributed by atoms with E-state index in [2.05, 4.69) is 6.92 Å². The van der Waals surface area contributed by atoms with Gasteiger partial charge in [0.1, 0.15) is 22.8 Å². The fourth-order valence-corrected chi connectivity index (χ4v) is 7.95. The number of halogens is 3. The molecule has 4 aliphatic rings. The van der Waals surface area contributed by atoms with Gasteiger partial charge in [-0.1, -0.05) is 19.8 Å². The number of allylic oxidation sites excluding steroid dienone is 1. The van der Waals surface area contributed by atoms with Crippen molar-refractivity contribution in [2.24, 2.45) is 23.5 Å². The third kappa shape index (κ3) is 4.89. The van der Waals surface area contributed by atoms with Gasteiger partial charge in [-0.2, -0.15) is 13.2 Å². The predicted molar refractivity (Wildman–Crippen MR) is 152 cm³/mol. The van der Waals surface area contributed by atoms with Crippen molar-refractivity contribution in [2.45, 2.75) is 69.8 Å². The minimum absolute atomic E-state index is 0.0739. The van der Waals surface area contributed by atoms with Gasteiger partial charge in [-0.05, 0) is 81.9 Å². The zero-order valence-corrected chi connectivity index (χ0v) is 24.9. The normalized spacial score (nSPS) is 28.3. The first kappa shape index (κ1) is 32.0.